The Bertz CT molecular complexity index is 459. The molecule has 1 amide bonds. The molecule has 1 atom stereocenters. The molecule has 0 aliphatic heterocycles. The lowest BCUT2D eigenvalue weighted by Crippen LogP contribution is -2.41. The smallest absolute Gasteiger partial charge is 0.326 e. The predicted molar refractivity (Wildman–Crippen MR) is 86.7 cm³/mol. The van der Waals surface area contributed by atoms with Crippen LogP contribution >= 0.6 is 11.8 Å². The zero-order valence-corrected chi connectivity index (χ0v) is 13.4. The summed E-state index contributed by atoms with van der Waals surface area (Å²) in [4.78, 5) is 22.9. The van der Waals surface area contributed by atoms with Crippen molar-refractivity contribution in [1.29, 1.82) is 0 Å². The molecule has 1 aromatic carbocycles. The molecule has 0 saturated heterocycles. The SMILES string of the molecule is CCc1ccc(CCC(=O)NC(CCSC)C(=O)O)cc1. The first-order valence-electron chi connectivity index (χ1n) is 7.15. The quantitative estimate of drug-likeness (QED) is 0.735. The topological polar surface area (TPSA) is 66.4 Å². The molecule has 0 saturated carbocycles. The predicted octanol–water partition coefficient (Wildman–Crippen LogP) is 2.50. The Labute approximate surface area is 130 Å². The van der Waals surface area contributed by atoms with Gasteiger partial charge in [-0.15, -0.1) is 0 Å². The van der Waals surface area contributed by atoms with Crippen LogP contribution in [0.2, 0.25) is 0 Å². The third kappa shape index (κ3) is 6.67. The van der Waals surface area contributed by atoms with Gasteiger partial charge in [0.25, 0.3) is 0 Å². The molecule has 0 fully saturated rings. The van der Waals surface area contributed by atoms with Gasteiger partial charge in [-0.3, -0.25) is 4.79 Å². The van der Waals surface area contributed by atoms with Crippen LogP contribution in [-0.2, 0) is 22.4 Å². The molecule has 0 aliphatic carbocycles. The van der Waals surface area contributed by atoms with Gasteiger partial charge in [0.15, 0.2) is 0 Å². The summed E-state index contributed by atoms with van der Waals surface area (Å²) in [5, 5.41) is 11.7. The first-order chi connectivity index (χ1) is 10.1. The van der Waals surface area contributed by atoms with E-state index in [2.05, 4.69) is 24.4 Å². The molecular formula is C16H23NO3S. The largest absolute Gasteiger partial charge is 0.480 e. The van der Waals surface area contributed by atoms with Crippen LogP contribution < -0.4 is 5.32 Å². The molecule has 4 nitrogen and oxygen atoms in total. The number of hydrogen-bond donors (Lipinski definition) is 2. The van der Waals surface area contributed by atoms with Crippen molar-refractivity contribution in [3.63, 3.8) is 0 Å². The van der Waals surface area contributed by atoms with Crippen molar-refractivity contribution in [1.82, 2.24) is 5.32 Å². The number of aryl methyl sites for hydroxylation is 2. The maximum atomic E-state index is 11.8. The number of aliphatic carboxylic acids is 1. The van der Waals surface area contributed by atoms with Gasteiger partial charge in [-0.25, -0.2) is 4.79 Å². The van der Waals surface area contributed by atoms with Gasteiger partial charge in [0.2, 0.25) is 5.91 Å². The van der Waals surface area contributed by atoms with Gasteiger partial charge in [0.05, 0.1) is 0 Å². The number of nitrogens with one attached hydrogen (secondary N) is 1. The molecule has 1 rings (SSSR count). The number of carbonyl (C=O) groups excluding carboxylic acids is 1. The Hall–Kier alpha value is -1.49. The number of hydrogen-bond acceptors (Lipinski definition) is 3. The molecule has 0 heterocycles. The van der Waals surface area contributed by atoms with Gasteiger partial charge in [-0.1, -0.05) is 31.2 Å². The van der Waals surface area contributed by atoms with E-state index in [9.17, 15) is 9.59 Å². The fourth-order valence-electron chi connectivity index (χ4n) is 1.96. The second kappa shape index (κ2) is 9.45. The number of carboxylic acid groups (broad SMARTS) is 1. The Morgan fingerprint density at radius 3 is 2.38 bits per heavy atom. The average Bonchev–Trinajstić information content (AvgIpc) is 2.49. The van der Waals surface area contributed by atoms with Crippen molar-refractivity contribution in [3.8, 4) is 0 Å². The molecule has 1 aromatic rings. The van der Waals surface area contributed by atoms with E-state index in [1.807, 2.05) is 18.4 Å². The first kappa shape index (κ1) is 17.6. The second-order valence-electron chi connectivity index (χ2n) is 4.91. The fraction of sp³-hybridized carbons (Fsp3) is 0.500. The number of benzene rings is 1. The van der Waals surface area contributed by atoms with Crippen molar-refractivity contribution in [2.75, 3.05) is 12.0 Å². The van der Waals surface area contributed by atoms with E-state index in [0.29, 0.717) is 19.3 Å². The molecule has 21 heavy (non-hydrogen) atoms. The number of carbonyl (C=O) groups is 2. The van der Waals surface area contributed by atoms with Crippen molar-refractivity contribution in [3.05, 3.63) is 35.4 Å². The minimum Gasteiger partial charge on any atom is -0.480 e. The molecule has 2 N–H and O–H groups in total. The maximum absolute atomic E-state index is 11.8. The molecule has 0 radical (unpaired) electrons. The summed E-state index contributed by atoms with van der Waals surface area (Å²) in [6.07, 6.45) is 4.31. The van der Waals surface area contributed by atoms with Crippen LogP contribution in [0.3, 0.4) is 0 Å². The van der Waals surface area contributed by atoms with Crippen LogP contribution in [-0.4, -0.2) is 35.0 Å². The summed E-state index contributed by atoms with van der Waals surface area (Å²) in [5.74, 6) is -0.455. The zero-order valence-electron chi connectivity index (χ0n) is 12.6. The zero-order chi connectivity index (χ0) is 15.7. The molecule has 0 bridgehead atoms. The normalized spacial score (nSPS) is 11.9. The highest BCUT2D eigenvalue weighted by Crippen LogP contribution is 2.08. The van der Waals surface area contributed by atoms with Crippen LogP contribution in [0.5, 0.6) is 0 Å². The molecule has 5 heteroatoms. The van der Waals surface area contributed by atoms with Gasteiger partial charge in [0.1, 0.15) is 6.04 Å². The van der Waals surface area contributed by atoms with Crippen LogP contribution in [0.15, 0.2) is 24.3 Å². The summed E-state index contributed by atoms with van der Waals surface area (Å²) in [6.45, 7) is 2.10. The Morgan fingerprint density at radius 2 is 1.86 bits per heavy atom. The van der Waals surface area contributed by atoms with Crippen LogP contribution in [0.25, 0.3) is 0 Å². The average molecular weight is 309 g/mol. The van der Waals surface area contributed by atoms with Gasteiger partial charge in [-0.2, -0.15) is 11.8 Å². The van der Waals surface area contributed by atoms with Crippen LogP contribution in [0.1, 0.15) is 30.9 Å². The van der Waals surface area contributed by atoms with Gasteiger partial charge in [0, 0.05) is 6.42 Å². The minimum atomic E-state index is -0.968. The summed E-state index contributed by atoms with van der Waals surface area (Å²) >= 11 is 1.57. The molecule has 1 unspecified atom stereocenters. The summed E-state index contributed by atoms with van der Waals surface area (Å²) in [5.41, 5.74) is 2.37. The van der Waals surface area contributed by atoms with E-state index in [0.717, 1.165) is 17.7 Å². The third-order valence-corrected chi connectivity index (χ3v) is 3.96. The van der Waals surface area contributed by atoms with Crippen molar-refractivity contribution in [2.45, 2.75) is 38.6 Å². The standard InChI is InChI=1S/C16H23NO3S/c1-3-12-4-6-13(7-5-12)8-9-15(18)17-14(16(19)20)10-11-21-2/h4-7,14H,3,8-11H2,1-2H3,(H,17,18)(H,19,20). The lowest BCUT2D eigenvalue weighted by Gasteiger charge is -2.13. The Balaban J connectivity index is 2.42. The number of thioether (sulfide) groups is 1. The monoisotopic (exact) mass is 309 g/mol. The highest BCUT2D eigenvalue weighted by atomic mass is 32.2. The third-order valence-electron chi connectivity index (χ3n) is 3.32. The minimum absolute atomic E-state index is 0.205. The van der Waals surface area contributed by atoms with E-state index in [4.69, 9.17) is 5.11 Å². The highest BCUT2D eigenvalue weighted by molar-refractivity contribution is 7.98. The van der Waals surface area contributed by atoms with Crippen LogP contribution in [0, 0.1) is 0 Å². The summed E-state index contributed by atoms with van der Waals surface area (Å²) in [6, 6.07) is 7.38. The first-order valence-corrected chi connectivity index (χ1v) is 8.55. The lowest BCUT2D eigenvalue weighted by atomic mass is 10.1. The molecule has 116 valence electrons. The second-order valence-corrected chi connectivity index (χ2v) is 5.90. The van der Waals surface area contributed by atoms with Crippen molar-refractivity contribution < 1.29 is 14.7 Å². The Kier molecular flexibility index (Phi) is 7.90. The van der Waals surface area contributed by atoms with E-state index >= 15 is 0 Å². The highest BCUT2D eigenvalue weighted by Gasteiger charge is 2.18. The molecular weight excluding hydrogens is 286 g/mol. The van der Waals surface area contributed by atoms with Gasteiger partial charge < -0.3 is 10.4 Å². The van der Waals surface area contributed by atoms with Gasteiger partial charge in [-0.05, 0) is 42.4 Å². The lowest BCUT2D eigenvalue weighted by molar-refractivity contribution is -0.141. The molecule has 0 spiro atoms. The number of amides is 1. The van der Waals surface area contributed by atoms with E-state index in [1.54, 1.807) is 11.8 Å². The van der Waals surface area contributed by atoms with Crippen molar-refractivity contribution >= 4 is 23.6 Å². The van der Waals surface area contributed by atoms with E-state index < -0.39 is 12.0 Å². The summed E-state index contributed by atoms with van der Waals surface area (Å²) < 4.78 is 0. The van der Waals surface area contributed by atoms with E-state index in [1.165, 1.54) is 5.56 Å². The molecule has 0 aliphatic rings. The van der Waals surface area contributed by atoms with Crippen molar-refractivity contribution in [2.24, 2.45) is 0 Å². The number of carboxylic acids is 1. The van der Waals surface area contributed by atoms with Gasteiger partial charge >= 0.3 is 5.97 Å². The summed E-state index contributed by atoms with van der Waals surface area (Å²) in [7, 11) is 0. The molecule has 0 aromatic heterocycles. The Morgan fingerprint density at radius 1 is 1.24 bits per heavy atom. The fourth-order valence-corrected chi connectivity index (χ4v) is 2.43. The van der Waals surface area contributed by atoms with Crippen LogP contribution in [0.4, 0.5) is 0 Å². The maximum Gasteiger partial charge on any atom is 0.326 e. The number of rotatable bonds is 9. The van der Waals surface area contributed by atoms with E-state index in [-0.39, 0.29) is 5.91 Å².